The third kappa shape index (κ3) is 5.30. The normalized spacial score (nSPS) is 12.6. The molecule has 0 heterocycles. The van der Waals surface area contributed by atoms with Gasteiger partial charge in [-0.1, -0.05) is 41.4 Å². The van der Waals surface area contributed by atoms with Gasteiger partial charge in [0.2, 0.25) is 5.91 Å². The van der Waals surface area contributed by atoms with Gasteiger partial charge in [-0.15, -0.1) is 0 Å². The fourth-order valence-electron chi connectivity index (χ4n) is 2.12. The molecule has 0 aliphatic heterocycles. The van der Waals surface area contributed by atoms with Crippen LogP contribution >= 0.6 is 15.9 Å². The Morgan fingerprint density at radius 3 is 2.74 bits per heavy atom. The second-order valence-corrected chi connectivity index (χ2v) is 5.51. The van der Waals surface area contributed by atoms with E-state index in [1.807, 2.05) is 24.3 Å². The first kappa shape index (κ1) is 16.1. The van der Waals surface area contributed by atoms with Crippen LogP contribution in [0.3, 0.4) is 0 Å². The summed E-state index contributed by atoms with van der Waals surface area (Å²) in [4.78, 5) is 13.3. The van der Waals surface area contributed by atoms with Crippen LogP contribution in [-0.2, 0) is 4.79 Å². The van der Waals surface area contributed by atoms with E-state index in [0.717, 1.165) is 29.4 Å². The zero-order valence-corrected chi connectivity index (χ0v) is 12.9. The van der Waals surface area contributed by atoms with Gasteiger partial charge in [0.05, 0.1) is 6.54 Å². The summed E-state index contributed by atoms with van der Waals surface area (Å²) in [6.45, 7) is 3.66. The van der Waals surface area contributed by atoms with Crippen LogP contribution in [0.25, 0.3) is 0 Å². The van der Waals surface area contributed by atoms with Gasteiger partial charge in [-0.25, -0.2) is 0 Å². The van der Waals surface area contributed by atoms with Crippen molar-refractivity contribution in [2.45, 2.75) is 25.8 Å². The molecule has 1 aromatic carbocycles. The second-order valence-electron chi connectivity index (χ2n) is 4.60. The summed E-state index contributed by atoms with van der Waals surface area (Å²) in [7, 11) is 0. The third-order valence-electron chi connectivity index (χ3n) is 3.06. The van der Waals surface area contributed by atoms with E-state index in [4.69, 9.17) is 11.5 Å². The fourth-order valence-corrected chi connectivity index (χ4v) is 2.53. The molecule has 0 spiro atoms. The predicted molar refractivity (Wildman–Crippen MR) is 81.6 cm³/mol. The SMILES string of the molecule is CCCCN(CC(N)=O)C(CN)c1cccc(Br)c1. The molecule has 1 atom stereocenters. The van der Waals surface area contributed by atoms with Crippen molar-refractivity contribution in [1.82, 2.24) is 4.90 Å². The van der Waals surface area contributed by atoms with E-state index in [1.54, 1.807) is 0 Å². The van der Waals surface area contributed by atoms with Crippen LogP contribution in [0.1, 0.15) is 31.4 Å². The monoisotopic (exact) mass is 327 g/mol. The average molecular weight is 328 g/mol. The molecule has 0 aliphatic rings. The van der Waals surface area contributed by atoms with Crippen LogP contribution in [0.2, 0.25) is 0 Å². The van der Waals surface area contributed by atoms with Gasteiger partial charge >= 0.3 is 0 Å². The molecular weight excluding hydrogens is 306 g/mol. The second kappa shape index (κ2) is 8.30. The maximum absolute atomic E-state index is 11.2. The summed E-state index contributed by atoms with van der Waals surface area (Å²) >= 11 is 3.46. The molecule has 0 fully saturated rings. The van der Waals surface area contributed by atoms with Crippen molar-refractivity contribution in [3.8, 4) is 0 Å². The van der Waals surface area contributed by atoms with Gasteiger partial charge in [0.1, 0.15) is 0 Å². The van der Waals surface area contributed by atoms with E-state index >= 15 is 0 Å². The van der Waals surface area contributed by atoms with E-state index in [1.165, 1.54) is 0 Å². The molecule has 19 heavy (non-hydrogen) atoms. The topological polar surface area (TPSA) is 72.3 Å². The number of amides is 1. The summed E-state index contributed by atoms with van der Waals surface area (Å²) in [5.74, 6) is -0.315. The van der Waals surface area contributed by atoms with Gasteiger partial charge in [0, 0.05) is 17.1 Å². The number of nitrogens with two attached hydrogens (primary N) is 2. The minimum atomic E-state index is -0.315. The number of nitrogens with zero attached hydrogens (tertiary/aromatic N) is 1. The molecule has 1 aromatic rings. The molecular formula is C14H22BrN3O. The third-order valence-corrected chi connectivity index (χ3v) is 3.55. The summed E-state index contributed by atoms with van der Waals surface area (Å²) < 4.78 is 1.01. The van der Waals surface area contributed by atoms with Crippen LogP contribution in [0.4, 0.5) is 0 Å². The molecule has 1 unspecified atom stereocenters. The van der Waals surface area contributed by atoms with Crippen molar-refractivity contribution in [2.75, 3.05) is 19.6 Å². The van der Waals surface area contributed by atoms with E-state index in [2.05, 4.69) is 27.8 Å². The summed E-state index contributed by atoms with van der Waals surface area (Å²) in [6.07, 6.45) is 2.10. The van der Waals surface area contributed by atoms with Gasteiger partial charge in [-0.05, 0) is 30.7 Å². The lowest BCUT2D eigenvalue weighted by molar-refractivity contribution is -0.119. The fraction of sp³-hybridized carbons (Fsp3) is 0.500. The van der Waals surface area contributed by atoms with E-state index < -0.39 is 0 Å². The van der Waals surface area contributed by atoms with Crippen molar-refractivity contribution in [3.63, 3.8) is 0 Å². The standard InChI is InChI=1S/C14H22BrN3O/c1-2-3-7-18(10-14(17)19)13(9-16)11-5-4-6-12(15)8-11/h4-6,8,13H,2-3,7,9-10,16H2,1H3,(H2,17,19). The molecule has 1 rings (SSSR count). The van der Waals surface area contributed by atoms with E-state index in [-0.39, 0.29) is 18.5 Å². The Labute approximate surface area is 123 Å². The number of carbonyl (C=O) groups excluding carboxylic acids is 1. The zero-order chi connectivity index (χ0) is 14.3. The Morgan fingerprint density at radius 2 is 2.21 bits per heavy atom. The largest absolute Gasteiger partial charge is 0.369 e. The van der Waals surface area contributed by atoms with Crippen molar-refractivity contribution in [3.05, 3.63) is 34.3 Å². The summed E-state index contributed by atoms with van der Waals surface area (Å²) in [6, 6.07) is 8.04. The summed E-state index contributed by atoms with van der Waals surface area (Å²) in [5.41, 5.74) is 12.3. The smallest absolute Gasteiger partial charge is 0.231 e. The lowest BCUT2D eigenvalue weighted by atomic mass is 10.0. The predicted octanol–water partition coefficient (Wildman–Crippen LogP) is 2.04. The van der Waals surface area contributed by atoms with Crippen molar-refractivity contribution >= 4 is 21.8 Å². The number of carbonyl (C=O) groups is 1. The molecule has 4 nitrogen and oxygen atoms in total. The van der Waals surface area contributed by atoms with Gasteiger partial charge in [0.15, 0.2) is 0 Å². The summed E-state index contributed by atoms with van der Waals surface area (Å²) in [5, 5.41) is 0. The Kier molecular flexibility index (Phi) is 7.05. The molecule has 0 radical (unpaired) electrons. The quantitative estimate of drug-likeness (QED) is 0.767. The Morgan fingerprint density at radius 1 is 1.47 bits per heavy atom. The van der Waals surface area contributed by atoms with Crippen molar-refractivity contribution in [1.29, 1.82) is 0 Å². The van der Waals surface area contributed by atoms with Gasteiger partial charge in [-0.3, -0.25) is 9.69 Å². The molecule has 0 bridgehead atoms. The average Bonchev–Trinajstić information content (AvgIpc) is 2.36. The lowest BCUT2D eigenvalue weighted by Crippen LogP contribution is -2.40. The van der Waals surface area contributed by atoms with Crippen LogP contribution in [0.5, 0.6) is 0 Å². The Hall–Kier alpha value is -0.910. The number of halogens is 1. The van der Waals surface area contributed by atoms with E-state index in [0.29, 0.717) is 6.54 Å². The maximum atomic E-state index is 11.2. The molecule has 0 aliphatic carbocycles. The molecule has 0 saturated heterocycles. The molecule has 0 aromatic heterocycles. The minimum absolute atomic E-state index is 0.0246. The van der Waals surface area contributed by atoms with Gasteiger partial charge in [-0.2, -0.15) is 0 Å². The Balaban J connectivity index is 2.90. The van der Waals surface area contributed by atoms with Gasteiger partial charge in [0.25, 0.3) is 0 Å². The number of hydrogen-bond donors (Lipinski definition) is 2. The van der Waals surface area contributed by atoms with Crippen LogP contribution in [-0.4, -0.2) is 30.4 Å². The first-order valence-electron chi connectivity index (χ1n) is 6.56. The van der Waals surface area contributed by atoms with Crippen molar-refractivity contribution < 1.29 is 4.79 Å². The first-order valence-corrected chi connectivity index (χ1v) is 7.35. The highest BCUT2D eigenvalue weighted by Crippen LogP contribution is 2.23. The number of hydrogen-bond acceptors (Lipinski definition) is 3. The molecule has 106 valence electrons. The van der Waals surface area contributed by atoms with E-state index in [9.17, 15) is 4.79 Å². The lowest BCUT2D eigenvalue weighted by Gasteiger charge is -2.30. The highest BCUT2D eigenvalue weighted by Gasteiger charge is 2.20. The first-order chi connectivity index (χ1) is 9.08. The number of rotatable bonds is 8. The van der Waals surface area contributed by atoms with Crippen LogP contribution in [0, 0.1) is 0 Å². The molecule has 5 heteroatoms. The molecule has 0 saturated carbocycles. The van der Waals surface area contributed by atoms with Crippen LogP contribution < -0.4 is 11.5 Å². The maximum Gasteiger partial charge on any atom is 0.231 e. The van der Waals surface area contributed by atoms with Crippen LogP contribution in [0.15, 0.2) is 28.7 Å². The molecule has 4 N–H and O–H groups in total. The number of benzene rings is 1. The highest BCUT2D eigenvalue weighted by atomic mass is 79.9. The number of primary amides is 1. The van der Waals surface area contributed by atoms with Gasteiger partial charge < -0.3 is 11.5 Å². The highest BCUT2D eigenvalue weighted by molar-refractivity contribution is 9.10. The minimum Gasteiger partial charge on any atom is -0.369 e. The zero-order valence-electron chi connectivity index (χ0n) is 11.3. The number of unbranched alkanes of at least 4 members (excludes halogenated alkanes) is 1. The molecule has 1 amide bonds. The Bertz CT molecular complexity index is 411. The van der Waals surface area contributed by atoms with Crippen molar-refractivity contribution in [2.24, 2.45) is 11.5 Å².